The summed E-state index contributed by atoms with van der Waals surface area (Å²) in [6, 6.07) is 5.66. The first kappa shape index (κ1) is 16.5. The molecule has 0 heterocycles. The highest BCUT2D eigenvalue weighted by molar-refractivity contribution is 5.94. The molecule has 0 aliphatic carbocycles. The van der Waals surface area contributed by atoms with E-state index >= 15 is 0 Å². The van der Waals surface area contributed by atoms with Crippen LogP contribution in [0, 0.1) is 6.92 Å². The summed E-state index contributed by atoms with van der Waals surface area (Å²) in [7, 11) is 1.67. The fourth-order valence-corrected chi connectivity index (χ4v) is 2.02. The van der Waals surface area contributed by atoms with Gasteiger partial charge in [0.15, 0.2) is 0 Å². The van der Waals surface area contributed by atoms with Gasteiger partial charge in [-0.1, -0.05) is 6.92 Å². The standard InChI is InChI=1S/C16H25NO3/c1-5-14(9-10-19-4)17-16(18)13-7-8-15(20-6-2)12(3)11-13/h7-8,11,14H,5-6,9-10H2,1-4H3,(H,17,18). The van der Waals surface area contributed by atoms with E-state index in [9.17, 15) is 4.79 Å². The molecule has 0 saturated heterocycles. The van der Waals surface area contributed by atoms with Crippen LogP contribution < -0.4 is 10.1 Å². The molecule has 1 amide bonds. The molecule has 0 radical (unpaired) electrons. The summed E-state index contributed by atoms with van der Waals surface area (Å²) in [5, 5.41) is 3.04. The molecule has 4 nitrogen and oxygen atoms in total. The Kier molecular flexibility index (Phi) is 7.09. The van der Waals surface area contributed by atoms with Crippen LogP contribution in [0.4, 0.5) is 0 Å². The minimum Gasteiger partial charge on any atom is -0.494 e. The minimum atomic E-state index is -0.0425. The molecule has 1 atom stereocenters. The number of aryl methyl sites for hydroxylation is 1. The summed E-state index contributed by atoms with van der Waals surface area (Å²) in [5.74, 6) is 0.787. The molecular formula is C16H25NO3. The lowest BCUT2D eigenvalue weighted by molar-refractivity contribution is 0.0923. The summed E-state index contributed by atoms with van der Waals surface area (Å²) >= 11 is 0. The Bertz CT molecular complexity index is 432. The molecule has 1 aromatic rings. The van der Waals surface area contributed by atoms with Crippen LogP contribution in [0.25, 0.3) is 0 Å². The molecule has 0 aromatic heterocycles. The molecular weight excluding hydrogens is 254 g/mol. The highest BCUT2D eigenvalue weighted by Gasteiger charge is 2.13. The number of hydrogen-bond donors (Lipinski definition) is 1. The van der Waals surface area contributed by atoms with Crippen LogP contribution in [-0.2, 0) is 4.74 Å². The number of rotatable bonds is 8. The highest BCUT2D eigenvalue weighted by atomic mass is 16.5. The van der Waals surface area contributed by atoms with Gasteiger partial charge < -0.3 is 14.8 Å². The van der Waals surface area contributed by atoms with Gasteiger partial charge in [0.1, 0.15) is 5.75 Å². The fourth-order valence-electron chi connectivity index (χ4n) is 2.02. The Balaban J connectivity index is 2.69. The number of nitrogens with one attached hydrogen (secondary N) is 1. The summed E-state index contributed by atoms with van der Waals surface area (Å²) in [6.07, 6.45) is 1.72. The Hall–Kier alpha value is -1.55. The van der Waals surface area contributed by atoms with Crippen molar-refractivity contribution in [3.63, 3.8) is 0 Å². The third-order valence-electron chi connectivity index (χ3n) is 3.24. The highest BCUT2D eigenvalue weighted by Crippen LogP contribution is 2.19. The number of amides is 1. The zero-order chi connectivity index (χ0) is 15.0. The third-order valence-corrected chi connectivity index (χ3v) is 3.24. The predicted molar refractivity (Wildman–Crippen MR) is 80.4 cm³/mol. The lowest BCUT2D eigenvalue weighted by Crippen LogP contribution is -2.35. The number of benzene rings is 1. The lowest BCUT2D eigenvalue weighted by atomic mass is 10.1. The maximum absolute atomic E-state index is 12.2. The van der Waals surface area contributed by atoms with Crippen LogP contribution in [0.3, 0.4) is 0 Å². The molecule has 1 aromatic carbocycles. The zero-order valence-electron chi connectivity index (χ0n) is 12.9. The van der Waals surface area contributed by atoms with Gasteiger partial charge in [0.2, 0.25) is 0 Å². The van der Waals surface area contributed by atoms with Crippen LogP contribution >= 0.6 is 0 Å². The Labute approximate surface area is 121 Å². The van der Waals surface area contributed by atoms with Gasteiger partial charge in [-0.15, -0.1) is 0 Å². The first-order valence-corrected chi connectivity index (χ1v) is 7.15. The van der Waals surface area contributed by atoms with Crippen molar-refractivity contribution in [3.05, 3.63) is 29.3 Å². The molecule has 0 aliphatic rings. The summed E-state index contributed by atoms with van der Waals surface area (Å²) in [5.41, 5.74) is 1.64. The fraction of sp³-hybridized carbons (Fsp3) is 0.562. The minimum absolute atomic E-state index is 0.0425. The van der Waals surface area contributed by atoms with Crippen molar-refractivity contribution in [2.24, 2.45) is 0 Å². The molecule has 0 saturated carbocycles. The van der Waals surface area contributed by atoms with E-state index in [2.05, 4.69) is 12.2 Å². The van der Waals surface area contributed by atoms with Crippen LogP contribution in [-0.4, -0.2) is 32.3 Å². The summed E-state index contributed by atoms with van der Waals surface area (Å²) in [6.45, 7) is 7.23. The second kappa shape index (κ2) is 8.59. The molecule has 1 N–H and O–H groups in total. The normalized spacial score (nSPS) is 12.0. The maximum atomic E-state index is 12.2. The van der Waals surface area contributed by atoms with Crippen molar-refractivity contribution in [3.8, 4) is 5.75 Å². The molecule has 4 heteroatoms. The summed E-state index contributed by atoms with van der Waals surface area (Å²) in [4.78, 5) is 12.2. The van der Waals surface area contributed by atoms with Gasteiger partial charge in [-0.2, -0.15) is 0 Å². The molecule has 0 bridgehead atoms. The molecule has 112 valence electrons. The molecule has 0 spiro atoms. The van der Waals surface area contributed by atoms with Crippen molar-refractivity contribution in [1.29, 1.82) is 0 Å². The van der Waals surface area contributed by atoms with Crippen LogP contribution in [0.15, 0.2) is 18.2 Å². The quantitative estimate of drug-likeness (QED) is 0.796. The van der Waals surface area contributed by atoms with E-state index in [1.54, 1.807) is 13.2 Å². The van der Waals surface area contributed by atoms with Crippen molar-refractivity contribution in [1.82, 2.24) is 5.32 Å². The van der Waals surface area contributed by atoms with Crippen LogP contribution in [0.2, 0.25) is 0 Å². The first-order chi connectivity index (χ1) is 9.62. The van der Waals surface area contributed by atoms with Crippen molar-refractivity contribution in [2.45, 2.75) is 39.7 Å². The third kappa shape index (κ3) is 4.85. The predicted octanol–water partition coefficient (Wildman–Crippen LogP) is 2.94. The van der Waals surface area contributed by atoms with Gasteiger partial charge in [-0.3, -0.25) is 4.79 Å². The van der Waals surface area contributed by atoms with Crippen molar-refractivity contribution in [2.75, 3.05) is 20.3 Å². The van der Waals surface area contributed by atoms with E-state index in [0.717, 1.165) is 24.2 Å². The van der Waals surface area contributed by atoms with Gasteiger partial charge in [0.05, 0.1) is 6.61 Å². The van der Waals surface area contributed by atoms with Gasteiger partial charge in [-0.05, 0) is 50.5 Å². The SMILES string of the molecule is CCOc1ccc(C(=O)NC(CC)CCOC)cc1C. The van der Waals surface area contributed by atoms with Crippen molar-refractivity contribution >= 4 is 5.91 Å². The van der Waals surface area contributed by atoms with Gasteiger partial charge >= 0.3 is 0 Å². The van der Waals surface area contributed by atoms with E-state index in [1.165, 1.54) is 0 Å². The lowest BCUT2D eigenvalue weighted by Gasteiger charge is -2.17. The first-order valence-electron chi connectivity index (χ1n) is 7.15. The van der Waals surface area contributed by atoms with Crippen LogP contribution in [0.5, 0.6) is 5.75 Å². The number of carbonyl (C=O) groups excluding carboxylic acids is 1. The van der Waals surface area contributed by atoms with Gasteiger partial charge in [0, 0.05) is 25.3 Å². The topological polar surface area (TPSA) is 47.6 Å². The largest absolute Gasteiger partial charge is 0.494 e. The number of ether oxygens (including phenoxy) is 2. The molecule has 0 fully saturated rings. The van der Waals surface area contributed by atoms with Gasteiger partial charge in [-0.25, -0.2) is 0 Å². The Morgan fingerprint density at radius 1 is 1.35 bits per heavy atom. The van der Waals surface area contributed by atoms with Crippen LogP contribution in [0.1, 0.15) is 42.6 Å². The average molecular weight is 279 g/mol. The number of carbonyl (C=O) groups is 1. The second-order valence-corrected chi connectivity index (χ2v) is 4.77. The van der Waals surface area contributed by atoms with E-state index in [-0.39, 0.29) is 11.9 Å². The monoisotopic (exact) mass is 279 g/mol. The Morgan fingerprint density at radius 2 is 2.10 bits per heavy atom. The van der Waals surface area contributed by atoms with E-state index < -0.39 is 0 Å². The Morgan fingerprint density at radius 3 is 2.65 bits per heavy atom. The number of hydrogen-bond acceptors (Lipinski definition) is 3. The average Bonchev–Trinajstić information content (AvgIpc) is 2.45. The van der Waals surface area contributed by atoms with E-state index in [0.29, 0.717) is 18.8 Å². The van der Waals surface area contributed by atoms with Crippen molar-refractivity contribution < 1.29 is 14.3 Å². The molecule has 1 rings (SSSR count). The molecule has 1 unspecified atom stereocenters. The zero-order valence-corrected chi connectivity index (χ0v) is 12.9. The smallest absolute Gasteiger partial charge is 0.251 e. The maximum Gasteiger partial charge on any atom is 0.251 e. The van der Waals surface area contributed by atoms with E-state index in [4.69, 9.17) is 9.47 Å². The second-order valence-electron chi connectivity index (χ2n) is 4.77. The van der Waals surface area contributed by atoms with E-state index in [1.807, 2.05) is 26.0 Å². The molecule has 20 heavy (non-hydrogen) atoms. The summed E-state index contributed by atoms with van der Waals surface area (Å²) < 4.78 is 10.5. The number of methoxy groups -OCH3 is 1. The van der Waals surface area contributed by atoms with Gasteiger partial charge in [0.25, 0.3) is 5.91 Å². The molecule has 0 aliphatic heterocycles.